The Morgan fingerprint density at radius 1 is 1.19 bits per heavy atom. The maximum Gasteiger partial charge on any atom is 0.149 e. The number of nitrogens with zero attached hydrogens (tertiary/aromatic N) is 4. The van der Waals surface area contributed by atoms with Crippen molar-refractivity contribution >= 4 is 21.7 Å². The van der Waals surface area contributed by atoms with Crippen LogP contribution in [0.15, 0.2) is 4.47 Å². The van der Waals surface area contributed by atoms with Crippen LogP contribution < -0.4 is 5.32 Å². The van der Waals surface area contributed by atoms with E-state index < -0.39 is 0 Å². The van der Waals surface area contributed by atoms with Crippen molar-refractivity contribution in [1.82, 2.24) is 19.8 Å². The van der Waals surface area contributed by atoms with E-state index in [1.165, 1.54) is 31.6 Å². The van der Waals surface area contributed by atoms with Gasteiger partial charge in [-0.15, -0.1) is 0 Å². The van der Waals surface area contributed by atoms with Crippen LogP contribution in [0.25, 0.3) is 0 Å². The first-order valence-corrected chi connectivity index (χ1v) is 8.83. The minimum absolute atomic E-state index is 0.371. The van der Waals surface area contributed by atoms with E-state index in [9.17, 15) is 0 Å². The number of halogens is 1. The van der Waals surface area contributed by atoms with E-state index in [2.05, 4.69) is 38.0 Å². The average Bonchev–Trinajstić information content (AvgIpc) is 3.35. The zero-order chi connectivity index (χ0) is 14.4. The summed E-state index contributed by atoms with van der Waals surface area (Å²) in [6.45, 7) is 8.78. The van der Waals surface area contributed by atoms with Gasteiger partial charge in [0.1, 0.15) is 11.6 Å². The molecule has 21 heavy (non-hydrogen) atoms. The first kappa shape index (κ1) is 13.9. The Morgan fingerprint density at radius 2 is 1.95 bits per heavy atom. The molecule has 4 heterocycles. The van der Waals surface area contributed by atoms with E-state index in [1.54, 1.807) is 0 Å². The van der Waals surface area contributed by atoms with Crippen LogP contribution in [-0.2, 0) is 0 Å². The molecule has 4 fully saturated rings. The van der Waals surface area contributed by atoms with Crippen molar-refractivity contribution in [3.8, 4) is 0 Å². The topological polar surface area (TPSA) is 44.3 Å². The fourth-order valence-corrected chi connectivity index (χ4v) is 4.05. The third kappa shape index (κ3) is 2.58. The van der Waals surface area contributed by atoms with Crippen LogP contribution in [0.5, 0.6) is 0 Å². The van der Waals surface area contributed by atoms with Crippen LogP contribution in [0.3, 0.4) is 0 Å². The minimum Gasteiger partial charge on any atom is -0.369 e. The SMILES string of the molecule is CCNc1nc(C2CN3CCN2CC3)nc(C2CC2)c1Br. The number of fused-ring (bicyclic) bond motifs is 3. The number of hydrogen-bond donors (Lipinski definition) is 1. The number of rotatable bonds is 4. The first-order valence-electron chi connectivity index (χ1n) is 8.04. The Morgan fingerprint density at radius 3 is 2.52 bits per heavy atom. The number of anilines is 1. The van der Waals surface area contributed by atoms with Gasteiger partial charge in [-0.05, 0) is 35.7 Å². The van der Waals surface area contributed by atoms with E-state index in [1.807, 2.05) is 0 Å². The van der Waals surface area contributed by atoms with Crippen molar-refractivity contribution in [1.29, 1.82) is 0 Å². The molecule has 0 spiro atoms. The highest BCUT2D eigenvalue weighted by atomic mass is 79.9. The summed E-state index contributed by atoms with van der Waals surface area (Å²) in [5.74, 6) is 2.62. The zero-order valence-electron chi connectivity index (χ0n) is 12.5. The lowest BCUT2D eigenvalue weighted by Crippen LogP contribution is -2.57. The molecule has 1 saturated carbocycles. The molecule has 2 bridgehead atoms. The third-order valence-corrected chi connectivity index (χ3v) is 5.56. The van der Waals surface area contributed by atoms with Crippen LogP contribution in [0, 0.1) is 0 Å². The molecule has 114 valence electrons. The lowest BCUT2D eigenvalue weighted by molar-refractivity contribution is 0.00860. The lowest BCUT2D eigenvalue weighted by Gasteiger charge is -2.46. The summed E-state index contributed by atoms with van der Waals surface area (Å²) in [6, 6.07) is 0.371. The number of hydrogen-bond acceptors (Lipinski definition) is 5. The fourth-order valence-electron chi connectivity index (χ4n) is 3.41. The summed E-state index contributed by atoms with van der Waals surface area (Å²) < 4.78 is 1.08. The molecule has 1 aromatic rings. The van der Waals surface area contributed by atoms with Gasteiger partial charge in [0.2, 0.25) is 0 Å². The molecule has 0 radical (unpaired) electrons. The first-order chi connectivity index (χ1) is 10.3. The van der Waals surface area contributed by atoms with Crippen molar-refractivity contribution in [2.24, 2.45) is 0 Å². The molecule has 1 unspecified atom stereocenters. The molecule has 6 heteroatoms. The van der Waals surface area contributed by atoms with Gasteiger partial charge in [-0.2, -0.15) is 0 Å². The molecule has 5 nitrogen and oxygen atoms in total. The van der Waals surface area contributed by atoms with Gasteiger partial charge in [0.25, 0.3) is 0 Å². The van der Waals surface area contributed by atoms with Crippen LogP contribution in [-0.4, -0.2) is 59.0 Å². The number of nitrogens with one attached hydrogen (secondary N) is 1. The quantitative estimate of drug-likeness (QED) is 0.900. The van der Waals surface area contributed by atoms with E-state index >= 15 is 0 Å². The average molecular weight is 352 g/mol. The van der Waals surface area contributed by atoms with Gasteiger partial charge in [0.15, 0.2) is 0 Å². The summed E-state index contributed by atoms with van der Waals surface area (Å²) >= 11 is 3.71. The largest absolute Gasteiger partial charge is 0.369 e. The highest BCUT2D eigenvalue weighted by Gasteiger charge is 2.36. The predicted molar refractivity (Wildman–Crippen MR) is 86.6 cm³/mol. The van der Waals surface area contributed by atoms with Gasteiger partial charge in [0.05, 0.1) is 16.2 Å². The molecule has 1 aliphatic carbocycles. The fraction of sp³-hybridized carbons (Fsp3) is 0.733. The minimum atomic E-state index is 0.371. The van der Waals surface area contributed by atoms with Crippen molar-refractivity contribution < 1.29 is 0 Å². The second-order valence-electron chi connectivity index (χ2n) is 6.29. The Hall–Kier alpha value is -0.720. The van der Waals surface area contributed by atoms with Gasteiger partial charge < -0.3 is 5.32 Å². The van der Waals surface area contributed by atoms with E-state index in [0.717, 1.165) is 42.3 Å². The maximum absolute atomic E-state index is 4.95. The van der Waals surface area contributed by atoms with Gasteiger partial charge in [-0.3, -0.25) is 9.80 Å². The summed E-state index contributed by atoms with van der Waals surface area (Å²) in [7, 11) is 0. The second kappa shape index (κ2) is 5.48. The molecule has 0 amide bonds. The van der Waals surface area contributed by atoms with E-state index in [0.29, 0.717) is 12.0 Å². The number of aromatic nitrogens is 2. The van der Waals surface area contributed by atoms with Crippen LogP contribution in [0.1, 0.15) is 43.2 Å². The summed E-state index contributed by atoms with van der Waals surface area (Å²) in [5, 5.41) is 3.39. The Labute approximate surface area is 134 Å². The van der Waals surface area contributed by atoms with Gasteiger partial charge in [0, 0.05) is 45.2 Å². The molecule has 1 N–H and O–H groups in total. The lowest BCUT2D eigenvalue weighted by atomic mass is 10.1. The van der Waals surface area contributed by atoms with Gasteiger partial charge in [-0.1, -0.05) is 0 Å². The monoisotopic (exact) mass is 351 g/mol. The Kier molecular flexibility index (Phi) is 3.63. The number of piperazine rings is 3. The molecule has 1 aromatic heterocycles. The van der Waals surface area contributed by atoms with Crippen molar-refractivity contribution in [3.05, 3.63) is 16.0 Å². The van der Waals surface area contributed by atoms with E-state index in [-0.39, 0.29) is 0 Å². The van der Waals surface area contributed by atoms with Gasteiger partial charge in [-0.25, -0.2) is 9.97 Å². The molecular formula is C15H22BrN5. The maximum atomic E-state index is 4.95. The van der Waals surface area contributed by atoms with Crippen LogP contribution in [0.2, 0.25) is 0 Å². The summed E-state index contributed by atoms with van der Waals surface area (Å²) in [5.41, 5.74) is 1.22. The second-order valence-corrected chi connectivity index (χ2v) is 7.08. The third-order valence-electron chi connectivity index (χ3n) is 4.78. The smallest absolute Gasteiger partial charge is 0.149 e. The normalized spacial score (nSPS) is 31.4. The Balaban J connectivity index is 1.70. The van der Waals surface area contributed by atoms with E-state index in [4.69, 9.17) is 9.97 Å². The Bertz CT molecular complexity index is 537. The standard InChI is InChI=1S/C15H22BrN5/c1-2-17-15-12(16)13(10-3-4-10)18-14(19-15)11-9-20-5-7-21(11)8-6-20/h10-11H,2-9H2,1H3,(H,17,18,19). The predicted octanol–water partition coefficient (Wildman–Crippen LogP) is 2.22. The molecule has 5 rings (SSSR count). The van der Waals surface area contributed by atoms with Crippen molar-refractivity contribution in [2.45, 2.75) is 31.7 Å². The van der Waals surface area contributed by atoms with Crippen molar-refractivity contribution in [3.63, 3.8) is 0 Å². The molecule has 1 atom stereocenters. The highest BCUT2D eigenvalue weighted by Crippen LogP contribution is 2.44. The zero-order valence-corrected chi connectivity index (χ0v) is 14.1. The summed E-state index contributed by atoms with van der Waals surface area (Å²) in [4.78, 5) is 14.9. The molecule has 0 aromatic carbocycles. The van der Waals surface area contributed by atoms with Crippen LogP contribution in [0.4, 0.5) is 5.82 Å². The molecule has 3 saturated heterocycles. The summed E-state index contributed by atoms with van der Waals surface area (Å²) in [6.07, 6.45) is 2.53. The van der Waals surface area contributed by atoms with Crippen molar-refractivity contribution in [2.75, 3.05) is 44.6 Å². The molecule has 4 aliphatic rings. The molecule has 3 aliphatic heterocycles. The van der Waals surface area contributed by atoms with Gasteiger partial charge >= 0.3 is 0 Å². The molecular weight excluding hydrogens is 330 g/mol. The highest BCUT2D eigenvalue weighted by molar-refractivity contribution is 9.10. The van der Waals surface area contributed by atoms with Crippen LogP contribution >= 0.6 is 15.9 Å².